The summed E-state index contributed by atoms with van der Waals surface area (Å²) in [4.78, 5) is 20.2. The van der Waals surface area contributed by atoms with E-state index < -0.39 is 11.7 Å². The fraction of sp³-hybridized carbons (Fsp3) is 0.294. The molecule has 1 aliphatic rings. The third-order valence-corrected chi connectivity index (χ3v) is 5.45. The van der Waals surface area contributed by atoms with Crippen LogP contribution in [-0.2, 0) is 12.8 Å². The molecule has 1 aromatic heterocycles. The van der Waals surface area contributed by atoms with Crippen LogP contribution in [0.2, 0.25) is 0 Å². The van der Waals surface area contributed by atoms with Gasteiger partial charge in [-0.3, -0.25) is 9.69 Å². The van der Waals surface area contributed by atoms with Gasteiger partial charge < -0.3 is 0 Å². The van der Waals surface area contributed by atoms with Gasteiger partial charge in [0.15, 0.2) is 5.13 Å². The predicted molar refractivity (Wildman–Crippen MR) is 94.7 cm³/mol. The molecule has 3 rings (SSSR count). The predicted octanol–water partition coefficient (Wildman–Crippen LogP) is 4.76. The summed E-state index contributed by atoms with van der Waals surface area (Å²) in [6.45, 7) is 4.01. The molecule has 1 aromatic carbocycles. The van der Waals surface area contributed by atoms with Crippen LogP contribution in [0, 0.1) is 5.82 Å². The summed E-state index contributed by atoms with van der Waals surface area (Å²) >= 11 is 4.81. The van der Waals surface area contributed by atoms with Crippen molar-refractivity contribution in [2.75, 3.05) is 11.4 Å². The number of aromatic nitrogens is 1. The molecule has 1 heterocycles. The normalized spacial score (nSPS) is 13.5. The number of carbonyl (C=O) groups is 1. The third-order valence-electron chi connectivity index (χ3n) is 3.78. The Morgan fingerprint density at radius 2 is 2.22 bits per heavy atom. The highest BCUT2D eigenvalue weighted by molar-refractivity contribution is 9.10. The van der Waals surface area contributed by atoms with Crippen molar-refractivity contribution in [3.8, 4) is 0 Å². The average Bonchev–Trinajstić information content (AvgIpc) is 2.98. The van der Waals surface area contributed by atoms with Crippen LogP contribution in [0.25, 0.3) is 0 Å². The summed E-state index contributed by atoms with van der Waals surface area (Å²) < 4.78 is 14.7. The van der Waals surface area contributed by atoms with Gasteiger partial charge in [0.2, 0.25) is 0 Å². The molecule has 23 heavy (non-hydrogen) atoms. The Morgan fingerprint density at radius 1 is 1.43 bits per heavy atom. The number of fused-ring (bicyclic) bond motifs is 1. The lowest BCUT2D eigenvalue weighted by Gasteiger charge is -2.18. The molecule has 2 aromatic rings. The monoisotopic (exact) mass is 394 g/mol. The van der Waals surface area contributed by atoms with Crippen molar-refractivity contribution in [3.63, 3.8) is 0 Å². The van der Waals surface area contributed by atoms with E-state index in [4.69, 9.17) is 0 Å². The summed E-state index contributed by atoms with van der Waals surface area (Å²) in [5.41, 5.74) is 1.11. The Hall–Kier alpha value is -1.53. The van der Waals surface area contributed by atoms with E-state index in [0.717, 1.165) is 31.4 Å². The van der Waals surface area contributed by atoms with Crippen molar-refractivity contribution in [1.82, 2.24) is 4.98 Å². The fourth-order valence-electron chi connectivity index (χ4n) is 2.64. The van der Waals surface area contributed by atoms with Gasteiger partial charge in [-0.05, 0) is 43.9 Å². The molecule has 0 spiro atoms. The molecule has 0 radical (unpaired) electrons. The fourth-order valence-corrected chi connectivity index (χ4v) is 4.15. The lowest BCUT2D eigenvalue weighted by molar-refractivity contribution is 0.0985. The molecule has 1 aliphatic carbocycles. The molecule has 0 unspecified atom stereocenters. The average molecular weight is 395 g/mol. The van der Waals surface area contributed by atoms with Crippen molar-refractivity contribution >= 4 is 38.3 Å². The quantitative estimate of drug-likeness (QED) is 0.700. The number of hydrogen-bond acceptors (Lipinski definition) is 3. The van der Waals surface area contributed by atoms with E-state index in [-0.39, 0.29) is 5.56 Å². The summed E-state index contributed by atoms with van der Waals surface area (Å²) in [5.74, 6) is -0.927. The van der Waals surface area contributed by atoms with Gasteiger partial charge in [-0.15, -0.1) is 17.9 Å². The number of benzene rings is 1. The Kier molecular flexibility index (Phi) is 4.92. The summed E-state index contributed by atoms with van der Waals surface area (Å²) in [6.07, 6.45) is 5.88. The first-order valence-electron chi connectivity index (χ1n) is 7.46. The molecule has 1 amide bonds. The summed E-state index contributed by atoms with van der Waals surface area (Å²) in [7, 11) is 0. The number of hydrogen-bond donors (Lipinski definition) is 0. The number of anilines is 1. The van der Waals surface area contributed by atoms with Gasteiger partial charge in [0.05, 0.1) is 11.3 Å². The van der Waals surface area contributed by atoms with Crippen molar-refractivity contribution in [1.29, 1.82) is 0 Å². The maximum absolute atomic E-state index is 14.1. The zero-order valence-electron chi connectivity index (χ0n) is 12.5. The van der Waals surface area contributed by atoms with Crippen molar-refractivity contribution < 1.29 is 9.18 Å². The van der Waals surface area contributed by atoms with E-state index in [9.17, 15) is 9.18 Å². The Morgan fingerprint density at radius 3 is 2.96 bits per heavy atom. The van der Waals surface area contributed by atoms with E-state index in [1.54, 1.807) is 12.1 Å². The second-order valence-corrected chi connectivity index (χ2v) is 7.38. The van der Waals surface area contributed by atoms with E-state index in [1.807, 2.05) is 0 Å². The SMILES string of the molecule is C=CCN(C(=O)c1cc(Br)ccc1F)c1nc2c(s1)CCCC2. The standard InChI is InChI=1S/C17H16BrFN2OS/c1-2-9-21(16(22)12-10-11(18)7-8-13(12)19)17-20-14-5-3-4-6-15(14)23-17/h2,7-8,10H,1,3-6,9H2. The van der Waals surface area contributed by atoms with Gasteiger partial charge in [0.25, 0.3) is 5.91 Å². The topological polar surface area (TPSA) is 33.2 Å². The van der Waals surface area contributed by atoms with E-state index in [2.05, 4.69) is 27.5 Å². The molecule has 0 atom stereocenters. The molecule has 0 saturated carbocycles. The molecule has 120 valence electrons. The molecule has 0 N–H and O–H groups in total. The maximum Gasteiger partial charge on any atom is 0.263 e. The zero-order chi connectivity index (χ0) is 16.4. The number of carbonyl (C=O) groups excluding carboxylic acids is 1. The van der Waals surface area contributed by atoms with E-state index in [0.29, 0.717) is 16.1 Å². The van der Waals surface area contributed by atoms with Crippen LogP contribution in [0.15, 0.2) is 35.3 Å². The van der Waals surface area contributed by atoms with E-state index >= 15 is 0 Å². The highest BCUT2D eigenvalue weighted by Crippen LogP contribution is 2.32. The number of rotatable bonds is 4. The summed E-state index contributed by atoms with van der Waals surface area (Å²) in [5, 5.41) is 0.626. The molecule has 3 nitrogen and oxygen atoms in total. The molecule has 0 aliphatic heterocycles. The number of thiazole rings is 1. The molecule has 0 saturated heterocycles. The highest BCUT2D eigenvalue weighted by atomic mass is 79.9. The van der Waals surface area contributed by atoms with Gasteiger partial charge in [0.1, 0.15) is 5.82 Å². The van der Waals surface area contributed by atoms with Crippen LogP contribution < -0.4 is 4.90 Å². The highest BCUT2D eigenvalue weighted by Gasteiger charge is 2.25. The molecule has 6 heteroatoms. The summed E-state index contributed by atoms with van der Waals surface area (Å²) in [6, 6.07) is 4.36. The van der Waals surface area contributed by atoms with Crippen LogP contribution in [-0.4, -0.2) is 17.4 Å². The van der Waals surface area contributed by atoms with Crippen LogP contribution in [0.4, 0.5) is 9.52 Å². The van der Waals surface area contributed by atoms with Gasteiger partial charge in [0, 0.05) is 15.9 Å². The molecule has 0 fully saturated rings. The van der Waals surface area contributed by atoms with Crippen LogP contribution >= 0.6 is 27.3 Å². The number of aryl methyl sites for hydroxylation is 2. The number of halogens is 2. The van der Waals surface area contributed by atoms with Crippen LogP contribution in [0.3, 0.4) is 0 Å². The van der Waals surface area contributed by atoms with Gasteiger partial charge in [-0.2, -0.15) is 0 Å². The Balaban J connectivity index is 1.97. The first-order chi connectivity index (χ1) is 11.1. The lowest BCUT2D eigenvalue weighted by atomic mass is 10.0. The minimum atomic E-state index is -0.534. The maximum atomic E-state index is 14.1. The molecular formula is C17H16BrFN2OS. The largest absolute Gasteiger partial charge is 0.280 e. The van der Waals surface area contributed by atoms with E-state index in [1.165, 1.54) is 33.2 Å². The van der Waals surface area contributed by atoms with Crippen molar-refractivity contribution in [2.24, 2.45) is 0 Å². The number of amides is 1. The molecular weight excluding hydrogens is 379 g/mol. The minimum Gasteiger partial charge on any atom is -0.280 e. The number of nitrogens with zero attached hydrogens (tertiary/aromatic N) is 2. The Bertz CT molecular complexity index is 736. The molecule has 0 bridgehead atoms. The van der Waals surface area contributed by atoms with Gasteiger partial charge in [-0.1, -0.05) is 22.0 Å². The third kappa shape index (κ3) is 3.38. The second kappa shape index (κ2) is 6.93. The van der Waals surface area contributed by atoms with Crippen LogP contribution in [0.1, 0.15) is 33.8 Å². The van der Waals surface area contributed by atoms with Gasteiger partial charge in [-0.25, -0.2) is 9.37 Å². The minimum absolute atomic E-state index is 0.0365. The Labute approximate surface area is 147 Å². The lowest BCUT2D eigenvalue weighted by Crippen LogP contribution is -2.31. The first-order valence-corrected chi connectivity index (χ1v) is 9.07. The van der Waals surface area contributed by atoms with Crippen molar-refractivity contribution in [2.45, 2.75) is 25.7 Å². The van der Waals surface area contributed by atoms with Crippen molar-refractivity contribution in [3.05, 3.63) is 57.3 Å². The smallest absolute Gasteiger partial charge is 0.263 e. The second-order valence-electron chi connectivity index (χ2n) is 5.40. The zero-order valence-corrected chi connectivity index (χ0v) is 14.9. The van der Waals surface area contributed by atoms with Gasteiger partial charge >= 0.3 is 0 Å². The first kappa shape index (κ1) is 16.3. The van der Waals surface area contributed by atoms with Crippen LogP contribution in [0.5, 0.6) is 0 Å².